The third kappa shape index (κ3) is 7.49. The minimum absolute atomic E-state index is 0. The van der Waals surface area contributed by atoms with Gasteiger partial charge in [-0.1, -0.05) is 0 Å². The number of nitrogens with zero attached hydrogens (tertiary/aromatic N) is 3. The molecule has 1 aromatic rings. The van der Waals surface area contributed by atoms with Crippen molar-refractivity contribution in [2.24, 2.45) is 4.99 Å². The summed E-state index contributed by atoms with van der Waals surface area (Å²) in [7, 11) is 0. The maximum atomic E-state index is 14.0. The zero-order valence-corrected chi connectivity index (χ0v) is 19.9. The van der Waals surface area contributed by atoms with Crippen molar-refractivity contribution in [3.05, 3.63) is 29.8 Å². The second-order valence-corrected chi connectivity index (χ2v) is 7.37. The molecule has 0 bridgehead atoms. The molecule has 30 heavy (non-hydrogen) atoms. The molecule has 1 atom stereocenters. The van der Waals surface area contributed by atoms with Gasteiger partial charge in [0.05, 0.1) is 18.4 Å². The smallest absolute Gasteiger partial charge is 0.194 e. The van der Waals surface area contributed by atoms with Crippen LogP contribution < -0.4 is 10.2 Å². The van der Waals surface area contributed by atoms with E-state index < -0.39 is 5.82 Å². The lowest BCUT2D eigenvalue weighted by molar-refractivity contribution is 0.0170. The van der Waals surface area contributed by atoms with Crippen LogP contribution in [-0.2, 0) is 9.47 Å². The number of ether oxygens (including phenoxy) is 2. The lowest BCUT2D eigenvalue weighted by Gasteiger charge is -2.37. The second kappa shape index (κ2) is 13.3. The van der Waals surface area contributed by atoms with Crippen LogP contribution in [0.5, 0.6) is 0 Å². The van der Waals surface area contributed by atoms with E-state index in [9.17, 15) is 8.78 Å². The summed E-state index contributed by atoms with van der Waals surface area (Å²) in [5, 5.41) is 3.33. The fourth-order valence-electron chi connectivity index (χ4n) is 3.66. The van der Waals surface area contributed by atoms with Crippen LogP contribution in [0.3, 0.4) is 0 Å². The van der Waals surface area contributed by atoms with Crippen molar-refractivity contribution in [1.82, 2.24) is 10.2 Å². The fourth-order valence-corrected chi connectivity index (χ4v) is 3.66. The zero-order valence-electron chi connectivity index (χ0n) is 17.6. The molecule has 0 spiro atoms. The second-order valence-electron chi connectivity index (χ2n) is 7.37. The van der Waals surface area contributed by atoms with Gasteiger partial charge in [-0.25, -0.2) is 8.78 Å². The minimum Gasteiger partial charge on any atom is -0.379 e. The average Bonchev–Trinajstić information content (AvgIpc) is 3.25. The molecule has 2 saturated heterocycles. The number of aliphatic imine (C=N–C) groups is 1. The highest BCUT2D eigenvalue weighted by Crippen LogP contribution is 2.22. The molecule has 0 aromatic heterocycles. The molecule has 2 heterocycles. The van der Waals surface area contributed by atoms with Gasteiger partial charge in [-0.05, 0) is 38.3 Å². The highest BCUT2D eigenvalue weighted by atomic mass is 127. The van der Waals surface area contributed by atoms with Gasteiger partial charge in [0.1, 0.15) is 11.6 Å². The van der Waals surface area contributed by atoms with Crippen LogP contribution in [0.4, 0.5) is 14.5 Å². The molecule has 0 saturated carbocycles. The third-order valence-electron chi connectivity index (χ3n) is 5.20. The molecule has 1 N–H and O–H groups in total. The summed E-state index contributed by atoms with van der Waals surface area (Å²) < 4.78 is 38.7. The number of hydrogen-bond acceptors (Lipinski definition) is 4. The Morgan fingerprint density at radius 1 is 1.27 bits per heavy atom. The van der Waals surface area contributed by atoms with Crippen molar-refractivity contribution < 1.29 is 18.3 Å². The van der Waals surface area contributed by atoms with Gasteiger partial charge in [-0.2, -0.15) is 0 Å². The number of guanidine groups is 1. The molecular formula is C21H33F2IN4O2. The van der Waals surface area contributed by atoms with Gasteiger partial charge in [0, 0.05) is 58.5 Å². The average molecular weight is 538 g/mol. The van der Waals surface area contributed by atoms with Crippen molar-refractivity contribution in [3.8, 4) is 0 Å². The summed E-state index contributed by atoms with van der Waals surface area (Å²) in [5.74, 6) is 0.0647. The van der Waals surface area contributed by atoms with Crippen LogP contribution in [0.25, 0.3) is 0 Å². The molecule has 2 fully saturated rings. The van der Waals surface area contributed by atoms with E-state index in [1.54, 1.807) is 0 Å². The molecule has 1 aromatic carbocycles. The van der Waals surface area contributed by atoms with Crippen molar-refractivity contribution in [1.29, 1.82) is 0 Å². The molecular weight excluding hydrogens is 505 g/mol. The first-order valence-corrected chi connectivity index (χ1v) is 10.6. The molecule has 2 aliphatic heterocycles. The predicted octanol–water partition coefficient (Wildman–Crippen LogP) is 3.26. The van der Waals surface area contributed by atoms with E-state index in [4.69, 9.17) is 14.5 Å². The molecule has 0 aliphatic carbocycles. The molecule has 3 rings (SSSR count). The summed E-state index contributed by atoms with van der Waals surface area (Å²) in [6, 6.07) is 3.60. The SMILES string of the molecule is CCNC(=NCCCOCC1CCCO1)N1CCN(c2cc(F)ccc2F)CC1.I. The first-order valence-electron chi connectivity index (χ1n) is 10.6. The topological polar surface area (TPSA) is 49.3 Å². The molecule has 9 heteroatoms. The summed E-state index contributed by atoms with van der Waals surface area (Å²) in [5.41, 5.74) is 0.329. The number of benzene rings is 1. The lowest BCUT2D eigenvalue weighted by atomic mass is 10.2. The van der Waals surface area contributed by atoms with Crippen molar-refractivity contribution in [3.63, 3.8) is 0 Å². The van der Waals surface area contributed by atoms with Crippen LogP contribution in [0.1, 0.15) is 26.2 Å². The molecule has 1 unspecified atom stereocenters. The van der Waals surface area contributed by atoms with Crippen molar-refractivity contribution in [2.45, 2.75) is 32.3 Å². The Hall–Kier alpha value is -1.20. The summed E-state index contributed by atoms with van der Waals surface area (Å²) in [6.07, 6.45) is 3.34. The van der Waals surface area contributed by atoms with Crippen LogP contribution in [-0.4, -0.2) is 76.1 Å². The van der Waals surface area contributed by atoms with Crippen LogP contribution in [0, 0.1) is 11.6 Å². The summed E-state index contributed by atoms with van der Waals surface area (Å²) in [4.78, 5) is 8.76. The number of halogens is 3. The number of piperazine rings is 1. The standard InChI is InChI=1S/C21H32F2N4O2.HI/c1-2-24-21(25-8-4-13-28-16-18-5-3-14-29-18)27-11-9-26(10-12-27)20-15-17(22)6-7-19(20)23;/h6-7,15,18H,2-5,8-14,16H2,1H3,(H,24,25);1H. The van der Waals surface area contributed by atoms with Gasteiger partial charge in [0.15, 0.2) is 5.96 Å². The highest BCUT2D eigenvalue weighted by molar-refractivity contribution is 14.0. The Morgan fingerprint density at radius 3 is 2.77 bits per heavy atom. The van der Waals surface area contributed by atoms with E-state index in [-0.39, 0.29) is 35.9 Å². The highest BCUT2D eigenvalue weighted by Gasteiger charge is 2.22. The van der Waals surface area contributed by atoms with Gasteiger partial charge in [-0.15, -0.1) is 24.0 Å². The molecule has 2 aliphatic rings. The first kappa shape index (κ1) is 25.1. The monoisotopic (exact) mass is 538 g/mol. The van der Waals surface area contributed by atoms with E-state index in [0.29, 0.717) is 51.6 Å². The molecule has 0 amide bonds. The van der Waals surface area contributed by atoms with E-state index in [1.807, 2.05) is 11.8 Å². The Bertz CT molecular complexity index is 666. The molecule has 6 nitrogen and oxygen atoms in total. The van der Waals surface area contributed by atoms with E-state index in [0.717, 1.165) is 44.4 Å². The van der Waals surface area contributed by atoms with Crippen molar-refractivity contribution >= 4 is 35.6 Å². The molecule has 0 radical (unpaired) electrons. The lowest BCUT2D eigenvalue weighted by Crippen LogP contribution is -2.52. The van der Waals surface area contributed by atoms with Gasteiger partial charge >= 0.3 is 0 Å². The van der Waals surface area contributed by atoms with Crippen molar-refractivity contribution in [2.75, 3.05) is 64.0 Å². The predicted molar refractivity (Wildman–Crippen MR) is 126 cm³/mol. The number of hydrogen-bond donors (Lipinski definition) is 1. The summed E-state index contributed by atoms with van der Waals surface area (Å²) in [6.45, 7) is 8.36. The maximum Gasteiger partial charge on any atom is 0.194 e. The van der Waals surface area contributed by atoms with Gasteiger partial charge in [0.2, 0.25) is 0 Å². The number of nitrogens with one attached hydrogen (secondary N) is 1. The Balaban J connectivity index is 0.00000320. The Labute approximate surface area is 195 Å². The van der Waals surface area contributed by atoms with Crippen LogP contribution >= 0.6 is 24.0 Å². The normalized spacial score (nSPS) is 19.7. The maximum absolute atomic E-state index is 14.0. The first-order chi connectivity index (χ1) is 14.2. The zero-order chi connectivity index (χ0) is 20.5. The van der Waals surface area contributed by atoms with Crippen LogP contribution in [0.2, 0.25) is 0 Å². The Morgan fingerprint density at radius 2 is 2.07 bits per heavy atom. The molecule has 170 valence electrons. The summed E-state index contributed by atoms with van der Waals surface area (Å²) >= 11 is 0. The van der Waals surface area contributed by atoms with E-state index >= 15 is 0 Å². The van der Waals surface area contributed by atoms with Crippen LogP contribution in [0.15, 0.2) is 23.2 Å². The van der Waals surface area contributed by atoms with Gasteiger partial charge in [0.25, 0.3) is 0 Å². The third-order valence-corrected chi connectivity index (χ3v) is 5.20. The van der Waals surface area contributed by atoms with Gasteiger partial charge < -0.3 is 24.6 Å². The number of rotatable bonds is 8. The number of anilines is 1. The fraction of sp³-hybridized carbons (Fsp3) is 0.667. The van der Waals surface area contributed by atoms with E-state index in [2.05, 4.69) is 10.2 Å². The Kier molecular flexibility index (Phi) is 11.1. The quantitative estimate of drug-likeness (QED) is 0.239. The van der Waals surface area contributed by atoms with E-state index in [1.165, 1.54) is 12.1 Å². The van der Waals surface area contributed by atoms with Gasteiger partial charge in [-0.3, -0.25) is 4.99 Å². The minimum atomic E-state index is -0.416. The largest absolute Gasteiger partial charge is 0.379 e.